The molecule has 7 nitrogen and oxygen atoms in total. The summed E-state index contributed by atoms with van der Waals surface area (Å²) in [6, 6.07) is 10.2. The quantitative estimate of drug-likeness (QED) is 0.674. The van der Waals surface area contributed by atoms with Crippen molar-refractivity contribution in [3.8, 4) is 11.3 Å². The number of carboxylic acids is 1. The van der Waals surface area contributed by atoms with Crippen LogP contribution in [0.1, 0.15) is 29.0 Å². The maximum absolute atomic E-state index is 13.2. The molecular weight excluding hydrogens is 389 g/mol. The Morgan fingerprint density at radius 2 is 1.76 bits per heavy atom. The molecule has 0 radical (unpaired) electrons. The molecule has 10 heteroatoms. The molecule has 1 aliphatic rings. The van der Waals surface area contributed by atoms with Gasteiger partial charge in [-0.15, -0.1) is 0 Å². The molecule has 1 N–H and O–H groups in total. The van der Waals surface area contributed by atoms with E-state index in [0.717, 1.165) is 31.6 Å². The highest BCUT2D eigenvalue weighted by atomic mass is 19.4. The summed E-state index contributed by atoms with van der Waals surface area (Å²) in [6.07, 6.45) is -1.38. The van der Waals surface area contributed by atoms with Crippen LogP contribution in [0.5, 0.6) is 0 Å². The Balaban J connectivity index is 0.000000290. The van der Waals surface area contributed by atoms with Crippen LogP contribution in [0.2, 0.25) is 0 Å². The molecule has 1 fully saturated rings. The third kappa shape index (κ3) is 4.71. The summed E-state index contributed by atoms with van der Waals surface area (Å²) in [5.74, 6) is -1.42. The summed E-state index contributed by atoms with van der Waals surface area (Å²) in [6.45, 7) is 1.95. The first-order chi connectivity index (χ1) is 13.8. The molecule has 0 spiro atoms. The number of aromatic carboxylic acids is 1. The van der Waals surface area contributed by atoms with Crippen LogP contribution in [0.4, 0.5) is 13.2 Å². The van der Waals surface area contributed by atoms with Gasteiger partial charge in [-0.3, -0.25) is 4.79 Å². The highest BCUT2D eigenvalue weighted by Gasteiger charge is 2.35. The number of hydrogen-bond acceptors (Lipinski definition) is 4. The van der Waals surface area contributed by atoms with Crippen LogP contribution < -0.4 is 0 Å². The second-order valence-electron chi connectivity index (χ2n) is 6.34. The fraction of sp³-hybridized carbons (Fsp3) is 0.263. The van der Waals surface area contributed by atoms with Gasteiger partial charge < -0.3 is 10.0 Å². The average Bonchev–Trinajstić information content (AvgIpc) is 3.37. The first kappa shape index (κ1) is 20.3. The molecule has 2 aromatic heterocycles. The molecule has 0 unspecified atom stereocenters. The van der Waals surface area contributed by atoms with Crippen molar-refractivity contribution < 1.29 is 27.9 Å². The van der Waals surface area contributed by atoms with Crippen molar-refractivity contribution in [3.05, 3.63) is 53.9 Å². The average molecular weight is 406 g/mol. The Kier molecular flexibility index (Phi) is 5.81. The van der Waals surface area contributed by atoms with E-state index in [4.69, 9.17) is 5.11 Å². The normalized spacial score (nSPS) is 13.8. The van der Waals surface area contributed by atoms with Gasteiger partial charge >= 0.3 is 12.1 Å². The molecule has 3 aromatic rings. The maximum atomic E-state index is 13.2. The summed E-state index contributed by atoms with van der Waals surface area (Å²) < 4.78 is 40.1. The fourth-order valence-corrected chi connectivity index (χ4v) is 2.88. The third-order valence-corrected chi connectivity index (χ3v) is 4.30. The number of halogens is 3. The predicted octanol–water partition coefficient (Wildman–Crippen LogP) is 3.35. The number of carbonyl (C=O) groups is 2. The molecule has 29 heavy (non-hydrogen) atoms. The fourth-order valence-electron chi connectivity index (χ4n) is 2.88. The Labute approximate surface area is 163 Å². The van der Waals surface area contributed by atoms with E-state index in [0.29, 0.717) is 10.1 Å². The van der Waals surface area contributed by atoms with Gasteiger partial charge in [-0.1, -0.05) is 30.3 Å². The van der Waals surface area contributed by atoms with E-state index >= 15 is 0 Å². The highest BCUT2D eigenvalue weighted by Crippen LogP contribution is 2.32. The van der Waals surface area contributed by atoms with Crippen LogP contribution in [0, 0.1) is 0 Å². The molecule has 0 saturated carbocycles. The number of fused-ring (bicyclic) bond motifs is 1. The predicted molar refractivity (Wildman–Crippen MR) is 97.3 cm³/mol. The zero-order valence-electron chi connectivity index (χ0n) is 15.1. The van der Waals surface area contributed by atoms with Crippen molar-refractivity contribution in [3.63, 3.8) is 0 Å². The lowest BCUT2D eigenvalue weighted by Gasteiger charge is -2.10. The monoisotopic (exact) mass is 406 g/mol. The topological polar surface area (TPSA) is 87.8 Å². The second-order valence-corrected chi connectivity index (χ2v) is 6.34. The van der Waals surface area contributed by atoms with E-state index in [1.165, 1.54) is 12.8 Å². The smallest absolute Gasteiger partial charge is 0.433 e. The van der Waals surface area contributed by atoms with Crippen molar-refractivity contribution in [1.29, 1.82) is 0 Å². The Morgan fingerprint density at radius 3 is 2.28 bits per heavy atom. The summed E-state index contributed by atoms with van der Waals surface area (Å²) in [7, 11) is 0. The Morgan fingerprint density at radius 1 is 1.10 bits per heavy atom. The SMILES string of the molecule is O=C(O)c1cc2nc(-c3ccccc3)cc(C(F)(F)F)n2n1.O=CN1CCCC1. The molecule has 152 valence electrons. The molecule has 1 amide bonds. The van der Waals surface area contributed by atoms with Crippen LogP contribution in [-0.4, -0.2) is 50.1 Å². The van der Waals surface area contributed by atoms with Gasteiger partial charge in [0, 0.05) is 24.7 Å². The molecular formula is C19H17F3N4O3. The summed E-state index contributed by atoms with van der Waals surface area (Å²) in [5.41, 5.74) is -1.16. The van der Waals surface area contributed by atoms with Crippen molar-refractivity contribution >= 4 is 18.0 Å². The number of hydrogen-bond donors (Lipinski definition) is 1. The number of carbonyl (C=O) groups excluding carboxylic acids is 1. The van der Waals surface area contributed by atoms with Gasteiger partial charge in [0.05, 0.1) is 5.69 Å². The molecule has 1 aliphatic heterocycles. The standard InChI is InChI=1S/C14H8F3N3O2.C5H9NO/c15-14(16,17)11-6-9(8-4-2-1-3-5-8)18-12-7-10(13(21)22)19-20(11)12;7-5-6-3-1-2-4-6/h1-7H,(H,21,22);5H,1-4H2. The van der Waals surface area contributed by atoms with Crippen LogP contribution in [-0.2, 0) is 11.0 Å². The summed E-state index contributed by atoms with van der Waals surface area (Å²) >= 11 is 0. The van der Waals surface area contributed by atoms with Crippen LogP contribution in [0.15, 0.2) is 42.5 Å². The number of aromatic nitrogens is 3. The van der Waals surface area contributed by atoms with Crippen LogP contribution >= 0.6 is 0 Å². The van der Waals surface area contributed by atoms with Crippen molar-refractivity contribution in [2.24, 2.45) is 0 Å². The number of amides is 1. The van der Waals surface area contributed by atoms with E-state index in [1.807, 2.05) is 0 Å². The zero-order valence-corrected chi connectivity index (χ0v) is 15.1. The van der Waals surface area contributed by atoms with Crippen molar-refractivity contribution in [2.75, 3.05) is 13.1 Å². The van der Waals surface area contributed by atoms with E-state index < -0.39 is 23.5 Å². The largest absolute Gasteiger partial charge is 0.476 e. The molecule has 4 rings (SSSR count). The number of benzene rings is 1. The molecule has 1 saturated heterocycles. The van der Waals surface area contributed by atoms with E-state index in [9.17, 15) is 22.8 Å². The Bertz CT molecular complexity index is 1010. The lowest BCUT2D eigenvalue weighted by atomic mass is 10.1. The molecule has 3 heterocycles. The molecule has 0 bridgehead atoms. The number of alkyl halides is 3. The number of carboxylic acid groups (broad SMARTS) is 1. The van der Waals surface area contributed by atoms with E-state index in [2.05, 4.69) is 10.1 Å². The highest BCUT2D eigenvalue weighted by molar-refractivity contribution is 5.86. The zero-order chi connectivity index (χ0) is 21.0. The second kappa shape index (κ2) is 8.29. The summed E-state index contributed by atoms with van der Waals surface area (Å²) in [5, 5.41) is 12.3. The van der Waals surface area contributed by atoms with Gasteiger partial charge in [-0.05, 0) is 18.9 Å². The van der Waals surface area contributed by atoms with Crippen LogP contribution in [0.3, 0.4) is 0 Å². The molecule has 0 atom stereocenters. The van der Waals surface area contributed by atoms with E-state index in [1.54, 1.807) is 35.2 Å². The van der Waals surface area contributed by atoms with Crippen molar-refractivity contribution in [1.82, 2.24) is 19.5 Å². The minimum absolute atomic E-state index is 0.0947. The van der Waals surface area contributed by atoms with Gasteiger partial charge in [-0.25, -0.2) is 14.3 Å². The van der Waals surface area contributed by atoms with Gasteiger partial charge in [0.1, 0.15) is 0 Å². The first-order valence-electron chi connectivity index (χ1n) is 8.75. The summed E-state index contributed by atoms with van der Waals surface area (Å²) in [4.78, 5) is 26.7. The molecule has 0 aliphatic carbocycles. The number of nitrogens with zero attached hydrogens (tertiary/aromatic N) is 4. The minimum Gasteiger partial charge on any atom is -0.476 e. The third-order valence-electron chi connectivity index (χ3n) is 4.30. The lowest BCUT2D eigenvalue weighted by molar-refractivity contribution is -0.142. The minimum atomic E-state index is -4.69. The van der Waals surface area contributed by atoms with Gasteiger partial charge in [0.2, 0.25) is 6.41 Å². The molecule has 1 aromatic carbocycles. The number of likely N-dealkylation sites (tertiary alicyclic amines) is 1. The van der Waals surface area contributed by atoms with Gasteiger partial charge in [0.25, 0.3) is 0 Å². The number of rotatable bonds is 3. The van der Waals surface area contributed by atoms with Gasteiger partial charge in [-0.2, -0.15) is 18.3 Å². The van der Waals surface area contributed by atoms with Gasteiger partial charge in [0.15, 0.2) is 17.0 Å². The Hall–Kier alpha value is -3.43. The van der Waals surface area contributed by atoms with Crippen LogP contribution in [0.25, 0.3) is 16.9 Å². The maximum Gasteiger partial charge on any atom is 0.433 e. The van der Waals surface area contributed by atoms with E-state index in [-0.39, 0.29) is 11.3 Å². The lowest BCUT2D eigenvalue weighted by Crippen LogP contribution is -2.15. The first-order valence-corrected chi connectivity index (χ1v) is 8.75. The van der Waals surface area contributed by atoms with Crippen molar-refractivity contribution in [2.45, 2.75) is 19.0 Å².